The maximum atomic E-state index is 12.6. The van der Waals surface area contributed by atoms with Gasteiger partial charge in [0.15, 0.2) is 11.5 Å². The number of hydrogen-bond donors (Lipinski definition) is 1. The van der Waals surface area contributed by atoms with E-state index in [1.165, 1.54) is 0 Å². The van der Waals surface area contributed by atoms with E-state index in [1.54, 1.807) is 47.4 Å². The molecule has 0 spiro atoms. The fourth-order valence-electron chi connectivity index (χ4n) is 3.34. The van der Waals surface area contributed by atoms with Crippen molar-refractivity contribution in [3.05, 3.63) is 58.6 Å². The Morgan fingerprint density at radius 2 is 1.78 bits per heavy atom. The monoisotopic (exact) mass is 386 g/mol. The fourth-order valence-corrected chi connectivity index (χ4v) is 3.53. The highest BCUT2D eigenvalue weighted by molar-refractivity contribution is 6.30. The average molecular weight is 387 g/mol. The molecule has 0 radical (unpaired) electrons. The minimum Gasteiger partial charge on any atom is -0.454 e. The fraction of sp³-hybridized carbons (Fsp3) is 0.300. The standard InChI is InChI=1S/C20H19ClN2O4/c21-15-3-1-2-14(10-15)20(25)23-8-6-16(7-9-23)22-19(24)13-4-5-17-18(11-13)27-12-26-17/h1-5,10-11,16H,6-9,12H2,(H,22,24). The van der Waals surface area contributed by atoms with Crippen LogP contribution < -0.4 is 14.8 Å². The molecule has 0 aliphatic carbocycles. The van der Waals surface area contributed by atoms with E-state index in [4.69, 9.17) is 21.1 Å². The summed E-state index contributed by atoms with van der Waals surface area (Å²) >= 11 is 5.97. The smallest absolute Gasteiger partial charge is 0.253 e. The lowest BCUT2D eigenvalue weighted by atomic mass is 10.0. The van der Waals surface area contributed by atoms with Crippen molar-refractivity contribution in [3.8, 4) is 11.5 Å². The molecule has 6 nitrogen and oxygen atoms in total. The first-order valence-electron chi connectivity index (χ1n) is 8.85. The summed E-state index contributed by atoms with van der Waals surface area (Å²) in [6.07, 6.45) is 1.42. The van der Waals surface area contributed by atoms with Crippen LogP contribution >= 0.6 is 11.6 Å². The van der Waals surface area contributed by atoms with Crippen molar-refractivity contribution >= 4 is 23.4 Å². The molecule has 0 atom stereocenters. The number of benzene rings is 2. The molecule has 2 aromatic carbocycles. The second-order valence-corrected chi connectivity index (χ2v) is 7.05. The van der Waals surface area contributed by atoms with Crippen molar-refractivity contribution < 1.29 is 19.1 Å². The van der Waals surface area contributed by atoms with Gasteiger partial charge < -0.3 is 19.7 Å². The molecule has 2 amide bonds. The summed E-state index contributed by atoms with van der Waals surface area (Å²) in [5.41, 5.74) is 1.13. The maximum Gasteiger partial charge on any atom is 0.253 e. The van der Waals surface area contributed by atoms with Gasteiger partial charge in [-0.15, -0.1) is 0 Å². The lowest BCUT2D eigenvalue weighted by molar-refractivity contribution is 0.0698. The highest BCUT2D eigenvalue weighted by atomic mass is 35.5. The van der Waals surface area contributed by atoms with E-state index < -0.39 is 0 Å². The number of likely N-dealkylation sites (tertiary alicyclic amines) is 1. The molecule has 0 unspecified atom stereocenters. The van der Waals surface area contributed by atoms with Crippen LogP contribution in [0.2, 0.25) is 5.02 Å². The van der Waals surface area contributed by atoms with Crippen LogP contribution in [0.4, 0.5) is 0 Å². The van der Waals surface area contributed by atoms with Crippen LogP contribution in [0.5, 0.6) is 11.5 Å². The maximum absolute atomic E-state index is 12.6. The molecule has 1 saturated heterocycles. The minimum absolute atomic E-state index is 0.0296. The van der Waals surface area contributed by atoms with Gasteiger partial charge in [0, 0.05) is 35.3 Å². The highest BCUT2D eigenvalue weighted by Gasteiger charge is 2.25. The van der Waals surface area contributed by atoms with Gasteiger partial charge in [0.25, 0.3) is 11.8 Å². The van der Waals surface area contributed by atoms with Gasteiger partial charge in [-0.1, -0.05) is 17.7 Å². The highest BCUT2D eigenvalue weighted by Crippen LogP contribution is 2.32. The first-order valence-corrected chi connectivity index (χ1v) is 9.23. The summed E-state index contributed by atoms with van der Waals surface area (Å²) < 4.78 is 10.6. The Bertz CT molecular complexity index is 878. The van der Waals surface area contributed by atoms with Gasteiger partial charge in [-0.2, -0.15) is 0 Å². The molecule has 0 aromatic heterocycles. The van der Waals surface area contributed by atoms with E-state index in [1.807, 2.05) is 0 Å². The van der Waals surface area contributed by atoms with Crippen molar-refractivity contribution in [1.29, 1.82) is 0 Å². The van der Waals surface area contributed by atoms with E-state index >= 15 is 0 Å². The summed E-state index contributed by atoms with van der Waals surface area (Å²) in [6.45, 7) is 1.37. The normalized spacial score (nSPS) is 16.3. The molecule has 2 aliphatic heterocycles. The quantitative estimate of drug-likeness (QED) is 0.880. The van der Waals surface area contributed by atoms with Gasteiger partial charge in [0.1, 0.15) is 0 Å². The van der Waals surface area contributed by atoms with Crippen LogP contribution in [0.25, 0.3) is 0 Å². The van der Waals surface area contributed by atoms with E-state index in [0.29, 0.717) is 53.6 Å². The summed E-state index contributed by atoms with van der Waals surface area (Å²) in [5, 5.41) is 3.59. The molecule has 7 heteroatoms. The number of amides is 2. The summed E-state index contributed by atoms with van der Waals surface area (Å²) in [5.74, 6) is 1.06. The van der Waals surface area contributed by atoms with Crippen molar-refractivity contribution in [2.45, 2.75) is 18.9 Å². The van der Waals surface area contributed by atoms with Crippen molar-refractivity contribution in [2.75, 3.05) is 19.9 Å². The molecule has 1 fully saturated rings. The molecule has 0 bridgehead atoms. The number of carbonyl (C=O) groups is 2. The van der Waals surface area contributed by atoms with Crippen LogP contribution in [0, 0.1) is 0 Å². The second-order valence-electron chi connectivity index (χ2n) is 6.62. The number of carbonyl (C=O) groups excluding carboxylic acids is 2. The van der Waals surface area contributed by atoms with Crippen LogP contribution in [0.15, 0.2) is 42.5 Å². The topological polar surface area (TPSA) is 67.9 Å². The van der Waals surface area contributed by atoms with Gasteiger partial charge >= 0.3 is 0 Å². The van der Waals surface area contributed by atoms with Crippen LogP contribution in [0.1, 0.15) is 33.6 Å². The first kappa shape index (κ1) is 17.7. The molecule has 2 aliphatic rings. The number of piperidine rings is 1. The zero-order chi connectivity index (χ0) is 18.8. The Morgan fingerprint density at radius 3 is 2.56 bits per heavy atom. The summed E-state index contributed by atoms with van der Waals surface area (Å²) in [6, 6.07) is 12.1. The predicted octanol–water partition coefficient (Wildman–Crippen LogP) is 3.10. The zero-order valence-corrected chi connectivity index (χ0v) is 15.4. The van der Waals surface area contributed by atoms with E-state index in [9.17, 15) is 9.59 Å². The molecule has 4 rings (SSSR count). The number of fused-ring (bicyclic) bond motifs is 1. The Hall–Kier alpha value is -2.73. The molecule has 2 heterocycles. The molecule has 1 N–H and O–H groups in total. The van der Waals surface area contributed by atoms with Crippen LogP contribution in [0.3, 0.4) is 0 Å². The summed E-state index contributed by atoms with van der Waals surface area (Å²) in [4.78, 5) is 26.8. The zero-order valence-electron chi connectivity index (χ0n) is 14.6. The SMILES string of the molecule is O=C(NC1CCN(C(=O)c2cccc(Cl)c2)CC1)c1ccc2c(c1)OCO2. The van der Waals surface area contributed by atoms with E-state index in [2.05, 4.69) is 5.32 Å². The van der Waals surface area contributed by atoms with Crippen molar-refractivity contribution in [2.24, 2.45) is 0 Å². The predicted molar refractivity (Wildman–Crippen MR) is 100 cm³/mol. The number of nitrogens with zero attached hydrogens (tertiary/aromatic N) is 1. The Morgan fingerprint density at radius 1 is 1.00 bits per heavy atom. The molecule has 2 aromatic rings. The third kappa shape index (κ3) is 3.85. The first-order chi connectivity index (χ1) is 13.1. The third-order valence-corrected chi connectivity index (χ3v) is 5.06. The van der Waals surface area contributed by atoms with Gasteiger partial charge in [-0.3, -0.25) is 9.59 Å². The largest absolute Gasteiger partial charge is 0.454 e. The summed E-state index contributed by atoms with van der Waals surface area (Å²) in [7, 11) is 0. The third-order valence-electron chi connectivity index (χ3n) is 4.82. The Labute approximate surface area is 162 Å². The number of halogens is 1. The number of hydrogen-bond acceptors (Lipinski definition) is 4. The van der Waals surface area contributed by atoms with Gasteiger partial charge in [-0.25, -0.2) is 0 Å². The molecule has 0 saturated carbocycles. The Kier molecular flexibility index (Phi) is 4.90. The second kappa shape index (κ2) is 7.48. The Balaban J connectivity index is 1.33. The van der Waals surface area contributed by atoms with Gasteiger partial charge in [0.2, 0.25) is 6.79 Å². The van der Waals surface area contributed by atoms with E-state index in [0.717, 1.165) is 0 Å². The average Bonchev–Trinajstić information content (AvgIpc) is 3.16. The lowest BCUT2D eigenvalue weighted by Crippen LogP contribution is -2.46. The molecular weight excluding hydrogens is 368 g/mol. The molecular formula is C20H19ClN2O4. The van der Waals surface area contributed by atoms with Gasteiger partial charge in [0.05, 0.1) is 0 Å². The minimum atomic E-state index is -0.145. The van der Waals surface area contributed by atoms with E-state index in [-0.39, 0.29) is 24.6 Å². The van der Waals surface area contributed by atoms with Crippen LogP contribution in [-0.2, 0) is 0 Å². The van der Waals surface area contributed by atoms with Crippen molar-refractivity contribution in [1.82, 2.24) is 10.2 Å². The molecule has 27 heavy (non-hydrogen) atoms. The lowest BCUT2D eigenvalue weighted by Gasteiger charge is -2.32. The molecule has 140 valence electrons. The number of ether oxygens (including phenoxy) is 2. The number of rotatable bonds is 3. The number of nitrogens with one attached hydrogen (secondary N) is 1. The van der Waals surface area contributed by atoms with Gasteiger partial charge in [-0.05, 0) is 49.2 Å². The van der Waals surface area contributed by atoms with Crippen LogP contribution in [-0.4, -0.2) is 42.6 Å². The van der Waals surface area contributed by atoms with Crippen molar-refractivity contribution in [3.63, 3.8) is 0 Å².